The highest BCUT2D eigenvalue weighted by Gasteiger charge is 2.36. The fourth-order valence-electron chi connectivity index (χ4n) is 4.20. The lowest BCUT2D eigenvalue weighted by Crippen LogP contribution is -2.45. The van der Waals surface area contributed by atoms with Gasteiger partial charge in [-0.1, -0.05) is 66.7 Å². The Kier molecular flexibility index (Phi) is 5.80. The number of hydrogen-bond donors (Lipinski definition) is 1. The molecule has 29 heavy (non-hydrogen) atoms. The summed E-state index contributed by atoms with van der Waals surface area (Å²) in [6.07, 6.45) is 0.995. The zero-order valence-corrected chi connectivity index (χ0v) is 16.5. The highest BCUT2D eigenvalue weighted by Crippen LogP contribution is 2.35. The quantitative estimate of drug-likeness (QED) is 0.692. The Balaban J connectivity index is 1.32. The third kappa shape index (κ3) is 4.27. The lowest BCUT2D eigenvalue weighted by atomic mass is 9.74. The maximum absolute atomic E-state index is 10.5. The summed E-state index contributed by atoms with van der Waals surface area (Å²) >= 11 is 0. The molecule has 0 aromatic heterocycles. The van der Waals surface area contributed by atoms with Crippen molar-refractivity contribution in [1.82, 2.24) is 4.90 Å². The van der Waals surface area contributed by atoms with Crippen LogP contribution in [0.3, 0.4) is 0 Å². The standard InChI is InChI=1S/C25H26N2O2/c26-19-25(21-9-2-1-3-10-21)13-15-27(16-14-25)17-22(28)18-29-24-12-6-8-20-7-4-5-11-23(20)24/h1-12,22,28H,13-18H2. The van der Waals surface area contributed by atoms with Gasteiger partial charge in [0.2, 0.25) is 0 Å². The van der Waals surface area contributed by atoms with E-state index in [1.54, 1.807) is 0 Å². The molecule has 0 spiro atoms. The second-order valence-electron chi connectivity index (χ2n) is 7.80. The van der Waals surface area contributed by atoms with Gasteiger partial charge in [-0.2, -0.15) is 5.26 Å². The van der Waals surface area contributed by atoms with Crippen molar-refractivity contribution in [3.05, 3.63) is 78.4 Å². The Hall–Kier alpha value is -2.87. The van der Waals surface area contributed by atoms with Crippen LogP contribution in [0.2, 0.25) is 0 Å². The van der Waals surface area contributed by atoms with Crippen molar-refractivity contribution in [3.8, 4) is 11.8 Å². The highest BCUT2D eigenvalue weighted by atomic mass is 16.5. The number of nitriles is 1. The minimum absolute atomic E-state index is 0.257. The molecule has 1 unspecified atom stereocenters. The van der Waals surface area contributed by atoms with Crippen LogP contribution in [-0.4, -0.2) is 42.4 Å². The second-order valence-corrected chi connectivity index (χ2v) is 7.80. The average molecular weight is 386 g/mol. The molecule has 0 saturated carbocycles. The lowest BCUT2D eigenvalue weighted by molar-refractivity contribution is 0.0557. The summed E-state index contributed by atoms with van der Waals surface area (Å²) in [4.78, 5) is 2.23. The van der Waals surface area contributed by atoms with Gasteiger partial charge in [0, 0.05) is 25.0 Å². The molecule has 0 aliphatic carbocycles. The number of β-amino-alcohol motifs (C(OH)–C–C–N with tert-alkyl or cyclic N) is 1. The molecule has 1 fully saturated rings. The molecule has 4 heteroatoms. The Labute approximate surface area is 172 Å². The van der Waals surface area contributed by atoms with E-state index in [-0.39, 0.29) is 6.61 Å². The number of likely N-dealkylation sites (tertiary alicyclic amines) is 1. The van der Waals surface area contributed by atoms with Crippen molar-refractivity contribution in [2.24, 2.45) is 0 Å². The molecule has 1 atom stereocenters. The van der Waals surface area contributed by atoms with Crippen LogP contribution in [0, 0.1) is 11.3 Å². The van der Waals surface area contributed by atoms with Crippen LogP contribution in [0.25, 0.3) is 10.8 Å². The largest absolute Gasteiger partial charge is 0.490 e. The minimum Gasteiger partial charge on any atom is -0.490 e. The van der Waals surface area contributed by atoms with E-state index in [1.165, 1.54) is 0 Å². The number of aliphatic hydroxyl groups is 1. The molecule has 1 heterocycles. The molecule has 4 rings (SSSR count). The fraction of sp³-hybridized carbons (Fsp3) is 0.320. The van der Waals surface area contributed by atoms with Gasteiger partial charge in [-0.05, 0) is 29.9 Å². The zero-order valence-electron chi connectivity index (χ0n) is 16.5. The molecule has 3 aromatic carbocycles. The first-order valence-corrected chi connectivity index (χ1v) is 10.2. The molecular formula is C25H26N2O2. The maximum atomic E-state index is 10.5. The molecule has 4 nitrogen and oxygen atoms in total. The Bertz CT molecular complexity index is 983. The minimum atomic E-state index is -0.569. The van der Waals surface area contributed by atoms with E-state index >= 15 is 0 Å². The van der Waals surface area contributed by atoms with E-state index in [0.717, 1.165) is 48.0 Å². The normalized spacial score (nSPS) is 17.5. The first-order chi connectivity index (χ1) is 14.2. The molecule has 3 aromatic rings. The molecule has 1 N–H and O–H groups in total. The first-order valence-electron chi connectivity index (χ1n) is 10.2. The van der Waals surface area contributed by atoms with Crippen molar-refractivity contribution in [3.63, 3.8) is 0 Å². The van der Waals surface area contributed by atoms with Crippen molar-refractivity contribution >= 4 is 10.8 Å². The molecule has 0 radical (unpaired) electrons. The lowest BCUT2D eigenvalue weighted by Gasteiger charge is -2.38. The summed E-state index contributed by atoms with van der Waals surface area (Å²) in [5.41, 5.74) is 0.685. The zero-order chi connectivity index (χ0) is 20.1. The van der Waals surface area contributed by atoms with Crippen LogP contribution in [0.15, 0.2) is 72.8 Å². The van der Waals surface area contributed by atoms with Gasteiger partial charge >= 0.3 is 0 Å². The molecular weight excluding hydrogens is 360 g/mol. The third-order valence-corrected chi connectivity index (χ3v) is 5.90. The Morgan fingerprint density at radius 3 is 2.41 bits per heavy atom. The number of rotatable bonds is 6. The van der Waals surface area contributed by atoms with E-state index in [2.05, 4.69) is 23.1 Å². The highest BCUT2D eigenvalue weighted by molar-refractivity contribution is 5.88. The van der Waals surface area contributed by atoms with E-state index < -0.39 is 11.5 Å². The van der Waals surface area contributed by atoms with Gasteiger partial charge in [0.1, 0.15) is 18.5 Å². The van der Waals surface area contributed by atoms with Crippen molar-refractivity contribution in [1.29, 1.82) is 5.26 Å². The summed E-state index contributed by atoms with van der Waals surface area (Å²) in [5.74, 6) is 0.799. The van der Waals surface area contributed by atoms with Crippen LogP contribution in [-0.2, 0) is 5.41 Å². The van der Waals surface area contributed by atoms with Gasteiger partial charge in [0.05, 0.1) is 11.5 Å². The van der Waals surface area contributed by atoms with Gasteiger partial charge in [-0.25, -0.2) is 0 Å². The number of ether oxygens (including phenoxy) is 1. The third-order valence-electron chi connectivity index (χ3n) is 5.90. The van der Waals surface area contributed by atoms with Gasteiger partial charge < -0.3 is 14.7 Å². The van der Waals surface area contributed by atoms with E-state index in [0.29, 0.717) is 6.54 Å². The summed E-state index contributed by atoms with van der Waals surface area (Å²) in [6.45, 7) is 2.41. The summed E-state index contributed by atoms with van der Waals surface area (Å²) < 4.78 is 5.93. The second kappa shape index (κ2) is 8.65. The topological polar surface area (TPSA) is 56.5 Å². The number of benzene rings is 3. The van der Waals surface area contributed by atoms with Gasteiger partial charge in [-0.15, -0.1) is 0 Å². The van der Waals surface area contributed by atoms with Crippen LogP contribution in [0.4, 0.5) is 0 Å². The van der Waals surface area contributed by atoms with Crippen LogP contribution in [0.1, 0.15) is 18.4 Å². The molecule has 148 valence electrons. The Morgan fingerprint density at radius 1 is 0.966 bits per heavy atom. The SMILES string of the molecule is N#CC1(c2ccccc2)CCN(CC(O)COc2cccc3ccccc23)CC1. The molecule has 1 saturated heterocycles. The van der Waals surface area contributed by atoms with E-state index in [9.17, 15) is 10.4 Å². The molecule has 0 amide bonds. The van der Waals surface area contributed by atoms with Crippen molar-refractivity contribution < 1.29 is 9.84 Å². The summed E-state index contributed by atoms with van der Waals surface area (Å²) in [5, 5.41) is 22.5. The van der Waals surface area contributed by atoms with Gasteiger partial charge in [0.25, 0.3) is 0 Å². The van der Waals surface area contributed by atoms with Crippen molar-refractivity contribution in [2.75, 3.05) is 26.2 Å². The predicted molar refractivity (Wildman–Crippen MR) is 115 cm³/mol. The molecule has 1 aliphatic rings. The smallest absolute Gasteiger partial charge is 0.127 e. The first kappa shape index (κ1) is 19.4. The number of aliphatic hydroxyl groups excluding tert-OH is 1. The molecule has 1 aliphatic heterocycles. The van der Waals surface area contributed by atoms with E-state index in [4.69, 9.17) is 4.74 Å². The predicted octanol–water partition coefficient (Wildman–Crippen LogP) is 4.14. The summed E-state index contributed by atoms with van der Waals surface area (Å²) in [6, 6.07) is 26.7. The monoisotopic (exact) mass is 386 g/mol. The maximum Gasteiger partial charge on any atom is 0.127 e. The fourth-order valence-corrected chi connectivity index (χ4v) is 4.20. The van der Waals surface area contributed by atoms with E-state index in [1.807, 2.05) is 60.7 Å². The average Bonchev–Trinajstić information content (AvgIpc) is 2.79. The van der Waals surface area contributed by atoms with Crippen molar-refractivity contribution in [2.45, 2.75) is 24.4 Å². The van der Waals surface area contributed by atoms with Crippen LogP contribution >= 0.6 is 0 Å². The number of fused-ring (bicyclic) bond motifs is 1. The van der Waals surface area contributed by atoms with Gasteiger partial charge in [-0.3, -0.25) is 0 Å². The number of hydrogen-bond acceptors (Lipinski definition) is 4. The molecule has 0 bridgehead atoms. The number of nitrogens with zero attached hydrogens (tertiary/aromatic N) is 2. The summed E-state index contributed by atoms with van der Waals surface area (Å²) in [7, 11) is 0. The van der Waals surface area contributed by atoms with Crippen LogP contribution in [0.5, 0.6) is 5.75 Å². The Morgan fingerprint density at radius 2 is 1.66 bits per heavy atom. The van der Waals surface area contributed by atoms with Gasteiger partial charge in [0.15, 0.2) is 0 Å². The number of piperidine rings is 1. The van der Waals surface area contributed by atoms with Crippen LogP contribution < -0.4 is 4.74 Å².